The van der Waals surface area contributed by atoms with Gasteiger partial charge in [0.25, 0.3) is 0 Å². The van der Waals surface area contributed by atoms with Crippen LogP contribution in [0.15, 0.2) is 0 Å². The van der Waals surface area contributed by atoms with Crippen LogP contribution >= 0.6 is 24.4 Å². The summed E-state index contributed by atoms with van der Waals surface area (Å²) in [6, 6.07) is 0. The number of morpholine rings is 1. The molecule has 0 atom stereocenters. The highest BCUT2D eigenvalue weighted by Crippen LogP contribution is 2.03. The monoisotopic (exact) mass is 254 g/mol. The summed E-state index contributed by atoms with van der Waals surface area (Å²) < 4.78 is 8.31. The normalized spacial score (nSPS) is 15.9. The van der Waals surface area contributed by atoms with Gasteiger partial charge in [0.05, 0.1) is 13.2 Å². The van der Waals surface area contributed by atoms with E-state index in [1.54, 1.807) is 11.9 Å². The van der Waals surface area contributed by atoms with Crippen LogP contribution in [-0.2, 0) is 9.53 Å². The van der Waals surface area contributed by atoms with Crippen LogP contribution in [0.4, 0.5) is 0 Å². The van der Waals surface area contributed by atoms with Gasteiger partial charge >= 0.3 is 0 Å². The molecule has 1 aliphatic heterocycles. The lowest BCUT2D eigenvalue weighted by Gasteiger charge is -2.26. The lowest BCUT2D eigenvalue weighted by Crippen LogP contribution is -2.40. The summed E-state index contributed by atoms with van der Waals surface area (Å²) in [6.07, 6.45) is 0.623. The van der Waals surface area contributed by atoms with Gasteiger partial charge in [-0.2, -0.15) is 0 Å². The van der Waals surface area contributed by atoms with E-state index >= 15 is 0 Å². The topological polar surface area (TPSA) is 41.6 Å². The standard InChI is InChI=1S/C9H18N2O2S.ClH/c1-2-10-14-8-3-9(12)11-4-6-13-7-5-11;/h10H,2-8H2,1H3;1H. The Bertz CT molecular complexity index is 177. The largest absolute Gasteiger partial charge is 0.378 e. The third-order valence-electron chi connectivity index (χ3n) is 2.03. The first kappa shape index (κ1) is 15.0. The molecule has 0 spiro atoms. The molecule has 15 heavy (non-hydrogen) atoms. The molecule has 1 fully saturated rings. The zero-order valence-electron chi connectivity index (χ0n) is 9.03. The Morgan fingerprint density at radius 2 is 2.13 bits per heavy atom. The maximum Gasteiger partial charge on any atom is 0.223 e. The molecule has 1 aliphatic rings. The van der Waals surface area contributed by atoms with E-state index in [0.717, 1.165) is 25.4 Å². The second-order valence-corrected chi connectivity index (χ2v) is 4.08. The Labute approximate surface area is 102 Å². The van der Waals surface area contributed by atoms with Crippen molar-refractivity contribution in [2.75, 3.05) is 38.6 Å². The highest BCUT2D eigenvalue weighted by atomic mass is 35.5. The number of amides is 1. The maximum atomic E-state index is 11.6. The summed E-state index contributed by atoms with van der Waals surface area (Å²) in [5, 5.41) is 0. The fraction of sp³-hybridized carbons (Fsp3) is 0.889. The van der Waals surface area contributed by atoms with Crippen molar-refractivity contribution in [3.8, 4) is 0 Å². The molecule has 1 heterocycles. The smallest absolute Gasteiger partial charge is 0.223 e. The van der Waals surface area contributed by atoms with E-state index < -0.39 is 0 Å². The Kier molecular flexibility index (Phi) is 9.29. The first-order chi connectivity index (χ1) is 6.84. The minimum absolute atomic E-state index is 0. The highest BCUT2D eigenvalue weighted by molar-refractivity contribution is 7.97. The zero-order valence-corrected chi connectivity index (χ0v) is 10.7. The number of nitrogens with one attached hydrogen (secondary N) is 1. The lowest BCUT2D eigenvalue weighted by molar-refractivity contribution is -0.134. The average molecular weight is 255 g/mol. The molecule has 90 valence electrons. The second-order valence-electron chi connectivity index (χ2n) is 3.09. The molecule has 1 amide bonds. The van der Waals surface area contributed by atoms with E-state index in [9.17, 15) is 4.79 Å². The first-order valence-corrected chi connectivity index (χ1v) is 6.03. The number of nitrogens with zero attached hydrogens (tertiary/aromatic N) is 1. The lowest BCUT2D eigenvalue weighted by atomic mass is 10.3. The third-order valence-corrected chi connectivity index (χ3v) is 2.93. The molecule has 4 nitrogen and oxygen atoms in total. The molecule has 0 saturated carbocycles. The van der Waals surface area contributed by atoms with Gasteiger partial charge in [-0.05, 0) is 0 Å². The Hall–Kier alpha value is 0.0300. The summed E-state index contributed by atoms with van der Waals surface area (Å²) >= 11 is 1.62. The first-order valence-electron chi connectivity index (χ1n) is 5.04. The van der Waals surface area contributed by atoms with E-state index in [-0.39, 0.29) is 18.3 Å². The molecule has 1 saturated heterocycles. The van der Waals surface area contributed by atoms with Crippen molar-refractivity contribution in [2.24, 2.45) is 0 Å². The van der Waals surface area contributed by atoms with Crippen molar-refractivity contribution in [1.29, 1.82) is 0 Å². The number of hydrogen-bond donors (Lipinski definition) is 1. The summed E-state index contributed by atoms with van der Waals surface area (Å²) in [7, 11) is 0. The van der Waals surface area contributed by atoms with Crippen LogP contribution in [0.1, 0.15) is 13.3 Å². The van der Waals surface area contributed by atoms with E-state index in [1.807, 2.05) is 4.90 Å². The molecule has 1 N–H and O–H groups in total. The van der Waals surface area contributed by atoms with Crippen LogP contribution in [0.2, 0.25) is 0 Å². The van der Waals surface area contributed by atoms with Crippen LogP contribution in [0.5, 0.6) is 0 Å². The van der Waals surface area contributed by atoms with Crippen LogP contribution in [0.25, 0.3) is 0 Å². The Morgan fingerprint density at radius 1 is 1.47 bits per heavy atom. The van der Waals surface area contributed by atoms with Crippen molar-refractivity contribution in [3.05, 3.63) is 0 Å². The molecule has 0 unspecified atom stereocenters. The van der Waals surface area contributed by atoms with Gasteiger partial charge in [0.2, 0.25) is 5.91 Å². The predicted octanol–water partition coefficient (Wildman–Crippen LogP) is 0.915. The number of ether oxygens (including phenoxy) is 1. The highest BCUT2D eigenvalue weighted by Gasteiger charge is 2.15. The number of hydrogen-bond acceptors (Lipinski definition) is 4. The minimum atomic E-state index is 0. The number of carbonyl (C=O) groups excluding carboxylic acids is 1. The maximum absolute atomic E-state index is 11.6. The Balaban J connectivity index is 0.00000196. The molecule has 1 rings (SSSR count). The fourth-order valence-corrected chi connectivity index (χ4v) is 1.91. The average Bonchev–Trinajstić information content (AvgIpc) is 2.25. The molecule has 0 radical (unpaired) electrons. The van der Waals surface area contributed by atoms with Gasteiger partial charge in [-0.25, -0.2) is 0 Å². The van der Waals surface area contributed by atoms with Gasteiger partial charge < -0.3 is 9.64 Å². The van der Waals surface area contributed by atoms with Crippen LogP contribution in [0.3, 0.4) is 0 Å². The van der Waals surface area contributed by atoms with Crippen molar-refractivity contribution in [2.45, 2.75) is 13.3 Å². The van der Waals surface area contributed by atoms with Gasteiger partial charge in [0, 0.05) is 31.8 Å². The molecule has 0 aromatic rings. The molecular formula is C9H19ClN2O2S. The Morgan fingerprint density at radius 3 is 2.73 bits per heavy atom. The number of rotatable bonds is 5. The third kappa shape index (κ3) is 6.25. The van der Waals surface area contributed by atoms with Crippen LogP contribution < -0.4 is 4.72 Å². The molecular weight excluding hydrogens is 236 g/mol. The summed E-state index contributed by atoms with van der Waals surface area (Å²) in [5.41, 5.74) is 0. The zero-order chi connectivity index (χ0) is 10.2. The molecule has 0 aromatic carbocycles. The molecule has 6 heteroatoms. The predicted molar refractivity (Wildman–Crippen MR) is 65.4 cm³/mol. The number of carbonyl (C=O) groups is 1. The van der Waals surface area contributed by atoms with Gasteiger partial charge in [-0.3, -0.25) is 9.52 Å². The molecule has 0 aromatic heterocycles. The second kappa shape index (κ2) is 9.27. The van der Waals surface area contributed by atoms with Crippen LogP contribution in [0, 0.1) is 0 Å². The SMILES string of the molecule is CCNSCCC(=O)N1CCOCC1.Cl. The van der Waals surface area contributed by atoms with E-state index in [4.69, 9.17) is 4.74 Å². The van der Waals surface area contributed by atoms with Gasteiger partial charge in [0.15, 0.2) is 0 Å². The van der Waals surface area contributed by atoms with Gasteiger partial charge in [-0.1, -0.05) is 18.9 Å². The van der Waals surface area contributed by atoms with Gasteiger partial charge in [-0.15, -0.1) is 12.4 Å². The fourth-order valence-electron chi connectivity index (χ4n) is 1.28. The van der Waals surface area contributed by atoms with Crippen molar-refractivity contribution < 1.29 is 9.53 Å². The van der Waals surface area contributed by atoms with Crippen molar-refractivity contribution in [1.82, 2.24) is 9.62 Å². The molecule has 0 bridgehead atoms. The summed E-state index contributed by atoms with van der Waals surface area (Å²) in [4.78, 5) is 13.5. The van der Waals surface area contributed by atoms with Gasteiger partial charge in [0.1, 0.15) is 0 Å². The summed E-state index contributed by atoms with van der Waals surface area (Å²) in [5.74, 6) is 1.10. The van der Waals surface area contributed by atoms with E-state index in [1.165, 1.54) is 0 Å². The summed E-state index contributed by atoms with van der Waals surface area (Å²) in [6.45, 7) is 5.88. The van der Waals surface area contributed by atoms with Crippen molar-refractivity contribution >= 4 is 30.3 Å². The number of halogens is 1. The quantitative estimate of drug-likeness (QED) is 0.585. The van der Waals surface area contributed by atoms with E-state index in [0.29, 0.717) is 19.6 Å². The van der Waals surface area contributed by atoms with E-state index in [2.05, 4.69) is 11.6 Å². The van der Waals surface area contributed by atoms with Crippen molar-refractivity contribution in [3.63, 3.8) is 0 Å². The molecule has 0 aliphatic carbocycles. The minimum Gasteiger partial charge on any atom is -0.378 e. The van der Waals surface area contributed by atoms with Crippen LogP contribution in [-0.4, -0.2) is 49.4 Å².